The number of carbonyl (C=O) groups excluding carboxylic acids is 1. The van der Waals surface area contributed by atoms with Crippen LogP contribution in [0.2, 0.25) is 0 Å². The van der Waals surface area contributed by atoms with E-state index < -0.39 is 24.3 Å². The van der Waals surface area contributed by atoms with E-state index in [2.05, 4.69) is 25.7 Å². The van der Waals surface area contributed by atoms with E-state index in [4.69, 9.17) is 10.5 Å². The Labute approximate surface area is 126 Å². The molecule has 1 aliphatic heterocycles. The number of nitrogens with zero attached hydrogens (tertiary/aromatic N) is 1. The van der Waals surface area contributed by atoms with Crippen LogP contribution in [0.25, 0.3) is 0 Å². The first-order chi connectivity index (χ1) is 9.71. The van der Waals surface area contributed by atoms with Gasteiger partial charge in [-0.3, -0.25) is 4.79 Å². The zero-order chi connectivity index (χ0) is 15.8. The number of aromatic nitrogens is 1. The lowest BCUT2D eigenvalue weighted by atomic mass is 10.0. The van der Waals surface area contributed by atoms with Gasteiger partial charge in [-0.15, -0.1) is 0 Å². The molecule has 1 aromatic rings. The molecule has 116 valence electrons. The van der Waals surface area contributed by atoms with Gasteiger partial charge >= 0.3 is 6.18 Å². The number of carbonyl (C=O) groups is 1. The Hall–Kier alpha value is -1.35. The molecule has 1 aliphatic rings. The molecule has 0 bridgehead atoms. The van der Waals surface area contributed by atoms with Gasteiger partial charge in [-0.05, 0) is 28.9 Å². The quantitative estimate of drug-likeness (QED) is 0.637. The average molecular weight is 369 g/mol. The number of halogens is 4. The maximum atomic E-state index is 13.1. The molecule has 2 N–H and O–H groups in total. The van der Waals surface area contributed by atoms with E-state index in [1.54, 1.807) is 6.92 Å². The third-order valence-corrected chi connectivity index (χ3v) is 3.50. The predicted molar refractivity (Wildman–Crippen MR) is 69.7 cm³/mol. The highest BCUT2D eigenvalue weighted by atomic mass is 79.9. The number of hydrogen-bond acceptors (Lipinski definition) is 4. The summed E-state index contributed by atoms with van der Waals surface area (Å²) in [6.45, 7) is 1.47. The number of rotatable bonds is 5. The number of primary amides is 1. The second-order valence-electron chi connectivity index (χ2n) is 4.48. The third-order valence-electron chi connectivity index (χ3n) is 2.97. The van der Waals surface area contributed by atoms with Crippen LogP contribution in [0.3, 0.4) is 0 Å². The first kappa shape index (κ1) is 16.0. The van der Waals surface area contributed by atoms with Gasteiger partial charge in [0.05, 0.1) is 25.3 Å². The molecule has 1 fully saturated rings. The number of pyridine rings is 1. The summed E-state index contributed by atoms with van der Waals surface area (Å²) in [5.74, 6) is -0.476. The summed E-state index contributed by atoms with van der Waals surface area (Å²) in [6, 6.07) is 1.15. The molecular formula is C12H12BrF3N2O3. The number of alkyl halides is 3. The molecule has 0 radical (unpaired) electrons. The topological polar surface area (TPSA) is 77.7 Å². The fraction of sp³-hybridized carbons (Fsp3) is 0.500. The maximum Gasteiger partial charge on any atom is 0.425 e. The molecule has 9 heteroatoms. The second-order valence-corrected chi connectivity index (χ2v) is 5.23. The summed E-state index contributed by atoms with van der Waals surface area (Å²) in [4.78, 5) is 14.9. The number of ether oxygens (including phenoxy) is 2. The molecule has 0 aliphatic carbocycles. The molecule has 1 amide bonds. The maximum absolute atomic E-state index is 13.1. The van der Waals surface area contributed by atoms with Crippen molar-refractivity contribution >= 4 is 21.8 Å². The first-order valence-corrected chi connectivity index (χ1v) is 6.82. The lowest BCUT2D eigenvalue weighted by Crippen LogP contribution is -2.31. The van der Waals surface area contributed by atoms with Crippen molar-refractivity contribution in [1.29, 1.82) is 0 Å². The Balaban J connectivity index is 2.50. The molecule has 0 saturated carbocycles. The van der Waals surface area contributed by atoms with E-state index in [0.29, 0.717) is 0 Å². The van der Waals surface area contributed by atoms with Crippen LogP contribution < -0.4 is 10.5 Å². The Morgan fingerprint density at radius 1 is 1.62 bits per heavy atom. The van der Waals surface area contributed by atoms with Crippen molar-refractivity contribution in [2.45, 2.75) is 25.1 Å². The van der Waals surface area contributed by atoms with Crippen molar-refractivity contribution in [2.24, 2.45) is 5.73 Å². The van der Waals surface area contributed by atoms with Crippen molar-refractivity contribution in [3.8, 4) is 5.75 Å². The summed E-state index contributed by atoms with van der Waals surface area (Å²) in [6.07, 6.45) is -4.84. The largest absolute Gasteiger partial charge is 0.491 e. The SMILES string of the molecule is CCOc1c(CC(N)=O)cc(C2(C(F)(F)F)CO2)nc1Br. The summed E-state index contributed by atoms with van der Waals surface area (Å²) in [5.41, 5.74) is 2.62. The molecule has 1 unspecified atom stereocenters. The molecule has 2 heterocycles. The molecule has 1 atom stereocenters. The average Bonchev–Trinajstić information content (AvgIpc) is 3.13. The van der Waals surface area contributed by atoms with Gasteiger partial charge in [0.25, 0.3) is 0 Å². The van der Waals surface area contributed by atoms with Gasteiger partial charge < -0.3 is 15.2 Å². The van der Waals surface area contributed by atoms with Crippen molar-refractivity contribution in [3.63, 3.8) is 0 Å². The zero-order valence-electron chi connectivity index (χ0n) is 11.0. The highest BCUT2D eigenvalue weighted by Crippen LogP contribution is 2.52. The van der Waals surface area contributed by atoms with Gasteiger partial charge in [-0.25, -0.2) is 4.98 Å². The van der Waals surface area contributed by atoms with Crippen LogP contribution in [0.15, 0.2) is 10.7 Å². The molecule has 5 nitrogen and oxygen atoms in total. The third kappa shape index (κ3) is 2.98. The van der Waals surface area contributed by atoms with Crippen LogP contribution in [-0.2, 0) is 21.6 Å². The van der Waals surface area contributed by atoms with Gasteiger partial charge in [0.15, 0.2) is 5.75 Å². The molecule has 2 rings (SSSR count). The number of nitrogens with two attached hydrogens (primary N) is 1. The van der Waals surface area contributed by atoms with Gasteiger partial charge in [-0.1, -0.05) is 0 Å². The number of amides is 1. The van der Waals surface area contributed by atoms with Crippen LogP contribution in [0.5, 0.6) is 5.75 Å². The van der Waals surface area contributed by atoms with E-state index in [-0.39, 0.29) is 34.6 Å². The Morgan fingerprint density at radius 3 is 2.67 bits per heavy atom. The molecule has 0 aromatic carbocycles. The zero-order valence-corrected chi connectivity index (χ0v) is 12.5. The van der Waals surface area contributed by atoms with Gasteiger partial charge in [-0.2, -0.15) is 13.2 Å². The summed E-state index contributed by atoms with van der Waals surface area (Å²) in [7, 11) is 0. The van der Waals surface area contributed by atoms with Gasteiger partial charge in [0, 0.05) is 5.56 Å². The standard InChI is InChI=1S/C12H12BrF3N2O3/c1-2-20-9-6(4-8(17)19)3-7(18-10(9)13)11(5-21-11)12(14,15)16/h3H,2,4-5H2,1H3,(H2,17,19). The Bertz CT molecular complexity index is 574. The lowest BCUT2D eigenvalue weighted by Gasteiger charge is -2.18. The van der Waals surface area contributed by atoms with Gasteiger partial charge in [0.1, 0.15) is 4.60 Å². The molecule has 0 spiro atoms. The second kappa shape index (κ2) is 5.45. The minimum absolute atomic E-state index is 0.0808. The molecular weight excluding hydrogens is 357 g/mol. The van der Waals surface area contributed by atoms with Crippen LogP contribution in [0, 0.1) is 0 Å². The molecule has 21 heavy (non-hydrogen) atoms. The summed E-state index contributed by atoms with van der Waals surface area (Å²) < 4.78 is 49.1. The Morgan fingerprint density at radius 2 is 2.24 bits per heavy atom. The van der Waals surface area contributed by atoms with Crippen molar-refractivity contribution in [2.75, 3.05) is 13.2 Å². The van der Waals surface area contributed by atoms with Crippen molar-refractivity contribution in [1.82, 2.24) is 4.98 Å². The highest BCUT2D eigenvalue weighted by Gasteiger charge is 2.68. The smallest absolute Gasteiger partial charge is 0.425 e. The van der Waals surface area contributed by atoms with Crippen LogP contribution >= 0.6 is 15.9 Å². The number of epoxide rings is 1. The normalized spacial score (nSPS) is 21.2. The molecule has 1 aromatic heterocycles. The minimum Gasteiger partial charge on any atom is -0.491 e. The summed E-state index contributed by atoms with van der Waals surface area (Å²) >= 11 is 3.06. The minimum atomic E-state index is -4.59. The van der Waals surface area contributed by atoms with Crippen molar-refractivity contribution < 1.29 is 27.4 Å². The first-order valence-electron chi connectivity index (χ1n) is 6.03. The fourth-order valence-corrected chi connectivity index (χ4v) is 2.46. The van der Waals surface area contributed by atoms with E-state index in [1.807, 2.05) is 0 Å². The molecule has 1 saturated heterocycles. The van der Waals surface area contributed by atoms with Crippen molar-refractivity contribution in [3.05, 3.63) is 21.9 Å². The van der Waals surface area contributed by atoms with Crippen LogP contribution in [0.1, 0.15) is 18.2 Å². The van der Waals surface area contributed by atoms with Gasteiger partial charge in [0.2, 0.25) is 11.5 Å². The Kier molecular flexibility index (Phi) is 4.16. The lowest BCUT2D eigenvalue weighted by molar-refractivity contribution is -0.188. The fourth-order valence-electron chi connectivity index (χ4n) is 1.90. The highest BCUT2D eigenvalue weighted by molar-refractivity contribution is 9.10. The van der Waals surface area contributed by atoms with E-state index in [0.717, 1.165) is 6.07 Å². The van der Waals surface area contributed by atoms with E-state index >= 15 is 0 Å². The summed E-state index contributed by atoms with van der Waals surface area (Å²) in [5, 5.41) is 0. The van der Waals surface area contributed by atoms with E-state index in [1.165, 1.54) is 0 Å². The predicted octanol–water partition coefficient (Wildman–Crippen LogP) is 2.06. The van der Waals surface area contributed by atoms with E-state index in [9.17, 15) is 18.0 Å². The van der Waals surface area contributed by atoms with Crippen LogP contribution in [-0.4, -0.2) is 30.3 Å². The monoisotopic (exact) mass is 368 g/mol. The number of hydrogen-bond donors (Lipinski definition) is 1. The van der Waals surface area contributed by atoms with Crippen LogP contribution in [0.4, 0.5) is 13.2 Å².